The zero-order valence-corrected chi connectivity index (χ0v) is 10.9. The molecule has 0 heterocycles. The summed E-state index contributed by atoms with van der Waals surface area (Å²) in [4.78, 5) is 0. The van der Waals surface area contributed by atoms with E-state index in [1.807, 2.05) is 42.3 Å². The van der Waals surface area contributed by atoms with E-state index in [0.717, 1.165) is 24.4 Å². The zero-order chi connectivity index (χ0) is 11.8. The van der Waals surface area contributed by atoms with Crippen molar-refractivity contribution in [3.8, 4) is 0 Å². The molecule has 0 spiro atoms. The number of rotatable bonds is 6. The highest BCUT2D eigenvalue weighted by molar-refractivity contribution is 6.18. The summed E-state index contributed by atoms with van der Waals surface area (Å²) >= 11 is 11.4. The van der Waals surface area contributed by atoms with Crippen molar-refractivity contribution >= 4 is 28.9 Å². The maximum atomic E-state index is 5.71. The van der Waals surface area contributed by atoms with Crippen LogP contribution >= 0.6 is 23.2 Å². The summed E-state index contributed by atoms with van der Waals surface area (Å²) in [6.45, 7) is 3.43. The van der Waals surface area contributed by atoms with Gasteiger partial charge in [0.05, 0.1) is 5.71 Å². The Morgan fingerprint density at radius 2 is 1.69 bits per heavy atom. The highest BCUT2D eigenvalue weighted by atomic mass is 35.5. The lowest BCUT2D eigenvalue weighted by atomic mass is 10.1. The molecule has 0 atom stereocenters. The van der Waals surface area contributed by atoms with Crippen LogP contribution in [0.5, 0.6) is 0 Å². The highest BCUT2D eigenvalue weighted by Gasteiger charge is 2.01. The fraction of sp³-hybridized carbons (Fsp3) is 0.417. The second-order valence-corrected chi connectivity index (χ2v) is 4.14. The third-order valence-corrected chi connectivity index (χ3v) is 2.51. The molecule has 88 valence electrons. The van der Waals surface area contributed by atoms with E-state index >= 15 is 0 Å². The molecule has 0 aliphatic heterocycles. The second kappa shape index (κ2) is 7.53. The van der Waals surface area contributed by atoms with Gasteiger partial charge in [-0.15, -0.1) is 23.2 Å². The maximum absolute atomic E-state index is 5.71. The molecule has 0 aliphatic carbocycles. The second-order valence-electron chi connectivity index (χ2n) is 3.38. The van der Waals surface area contributed by atoms with Gasteiger partial charge in [0.1, 0.15) is 0 Å². The van der Waals surface area contributed by atoms with Crippen LogP contribution in [0, 0.1) is 0 Å². The minimum Gasteiger partial charge on any atom is -0.294 e. The van der Waals surface area contributed by atoms with Gasteiger partial charge in [0.2, 0.25) is 0 Å². The lowest BCUT2D eigenvalue weighted by Crippen LogP contribution is -2.23. The predicted molar refractivity (Wildman–Crippen MR) is 71.7 cm³/mol. The SMILES string of the molecule is C/C(=N/N(CCCl)CCCl)c1ccccc1. The van der Waals surface area contributed by atoms with E-state index in [0.29, 0.717) is 11.8 Å². The van der Waals surface area contributed by atoms with Crippen LogP contribution < -0.4 is 0 Å². The molecule has 0 bridgehead atoms. The van der Waals surface area contributed by atoms with Gasteiger partial charge in [-0.3, -0.25) is 5.01 Å². The predicted octanol–water partition coefficient (Wildman–Crippen LogP) is 3.19. The van der Waals surface area contributed by atoms with Crippen LogP contribution in [0.15, 0.2) is 35.4 Å². The van der Waals surface area contributed by atoms with Gasteiger partial charge in [-0.1, -0.05) is 30.3 Å². The highest BCUT2D eigenvalue weighted by Crippen LogP contribution is 2.03. The van der Waals surface area contributed by atoms with Crippen molar-refractivity contribution in [3.63, 3.8) is 0 Å². The van der Waals surface area contributed by atoms with Gasteiger partial charge >= 0.3 is 0 Å². The first kappa shape index (κ1) is 13.3. The maximum Gasteiger partial charge on any atom is 0.0646 e. The molecule has 1 rings (SSSR count). The van der Waals surface area contributed by atoms with E-state index in [1.54, 1.807) is 0 Å². The molecule has 0 N–H and O–H groups in total. The normalized spacial score (nSPS) is 11.6. The molecule has 0 saturated heterocycles. The van der Waals surface area contributed by atoms with Gasteiger partial charge in [0, 0.05) is 24.8 Å². The quantitative estimate of drug-likeness (QED) is 0.435. The Morgan fingerprint density at radius 3 is 2.19 bits per heavy atom. The van der Waals surface area contributed by atoms with Crippen molar-refractivity contribution in [3.05, 3.63) is 35.9 Å². The number of hydrazone groups is 1. The van der Waals surface area contributed by atoms with Gasteiger partial charge in [0.15, 0.2) is 0 Å². The van der Waals surface area contributed by atoms with Crippen molar-refractivity contribution in [2.45, 2.75) is 6.92 Å². The van der Waals surface area contributed by atoms with Crippen molar-refractivity contribution in [1.29, 1.82) is 0 Å². The minimum atomic E-state index is 0.558. The molecule has 0 aliphatic rings. The lowest BCUT2D eigenvalue weighted by Gasteiger charge is -2.17. The van der Waals surface area contributed by atoms with E-state index in [-0.39, 0.29) is 0 Å². The first-order valence-corrected chi connectivity index (χ1v) is 6.32. The molecule has 16 heavy (non-hydrogen) atoms. The van der Waals surface area contributed by atoms with Gasteiger partial charge in [0.25, 0.3) is 0 Å². The average Bonchev–Trinajstić information content (AvgIpc) is 2.31. The molecule has 4 heteroatoms. The van der Waals surface area contributed by atoms with Crippen molar-refractivity contribution in [2.24, 2.45) is 5.10 Å². The number of nitrogens with zero attached hydrogens (tertiary/aromatic N) is 2. The van der Waals surface area contributed by atoms with Gasteiger partial charge in [-0.05, 0) is 12.5 Å². The zero-order valence-electron chi connectivity index (χ0n) is 9.37. The van der Waals surface area contributed by atoms with E-state index in [1.165, 1.54) is 0 Å². The lowest BCUT2D eigenvalue weighted by molar-refractivity contribution is 0.325. The topological polar surface area (TPSA) is 15.6 Å². The first-order chi connectivity index (χ1) is 7.77. The van der Waals surface area contributed by atoms with Gasteiger partial charge < -0.3 is 0 Å². The van der Waals surface area contributed by atoms with E-state index in [4.69, 9.17) is 23.2 Å². The molecule has 0 fully saturated rings. The number of halogens is 2. The minimum absolute atomic E-state index is 0.558. The Balaban J connectivity index is 2.72. The molecule has 1 aromatic rings. The monoisotopic (exact) mass is 258 g/mol. The summed E-state index contributed by atoms with van der Waals surface area (Å²) in [7, 11) is 0. The van der Waals surface area contributed by atoms with Gasteiger partial charge in [-0.25, -0.2) is 0 Å². The third-order valence-electron chi connectivity index (χ3n) is 2.17. The molecular weight excluding hydrogens is 243 g/mol. The van der Waals surface area contributed by atoms with Crippen molar-refractivity contribution < 1.29 is 0 Å². The Labute approximate surface area is 107 Å². The number of benzene rings is 1. The smallest absolute Gasteiger partial charge is 0.0646 e. The molecule has 0 aromatic heterocycles. The van der Waals surface area contributed by atoms with Crippen LogP contribution in [-0.4, -0.2) is 35.6 Å². The Hall–Kier alpha value is -0.730. The van der Waals surface area contributed by atoms with Crippen LogP contribution in [0.4, 0.5) is 0 Å². The Kier molecular flexibility index (Phi) is 6.27. The summed E-state index contributed by atoms with van der Waals surface area (Å²) in [5.41, 5.74) is 2.10. The first-order valence-electron chi connectivity index (χ1n) is 5.25. The van der Waals surface area contributed by atoms with Crippen molar-refractivity contribution in [2.75, 3.05) is 24.8 Å². The number of hydrogen-bond acceptors (Lipinski definition) is 2. The molecule has 0 amide bonds. The molecule has 1 aromatic carbocycles. The fourth-order valence-corrected chi connectivity index (χ4v) is 1.75. The molecule has 2 nitrogen and oxygen atoms in total. The van der Waals surface area contributed by atoms with Crippen LogP contribution in [0.25, 0.3) is 0 Å². The molecule has 0 saturated carbocycles. The van der Waals surface area contributed by atoms with Crippen molar-refractivity contribution in [1.82, 2.24) is 5.01 Å². The molecule has 0 unspecified atom stereocenters. The number of alkyl halides is 2. The Morgan fingerprint density at radius 1 is 1.12 bits per heavy atom. The third kappa shape index (κ3) is 4.42. The summed E-state index contributed by atoms with van der Waals surface area (Å²) in [5, 5.41) is 6.41. The van der Waals surface area contributed by atoms with Crippen LogP contribution in [0.1, 0.15) is 12.5 Å². The fourth-order valence-electron chi connectivity index (χ4n) is 1.36. The average molecular weight is 259 g/mol. The standard InChI is InChI=1S/C12H16Cl2N2/c1-11(12-5-3-2-4-6-12)15-16(9-7-13)10-8-14/h2-6H,7-10H2,1H3/b15-11-. The summed E-state index contributed by atoms with van der Waals surface area (Å²) in [5.74, 6) is 1.12. The molecular formula is C12H16Cl2N2. The Bertz CT molecular complexity index is 319. The van der Waals surface area contributed by atoms with E-state index in [2.05, 4.69) is 5.10 Å². The van der Waals surface area contributed by atoms with Crippen LogP contribution in [0.2, 0.25) is 0 Å². The largest absolute Gasteiger partial charge is 0.294 e. The van der Waals surface area contributed by atoms with E-state index < -0.39 is 0 Å². The summed E-state index contributed by atoms with van der Waals surface area (Å²) < 4.78 is 0. The molecule has 0 radical (unpaired) electrons. The van der Waals surface area contributed by atoms with Crippen LogP contribution in [-0.2, 0) is 0 Å². The van der Waals surface area contributed by atoms with Crippen LogP contribution in [0.3, 0.4) is 0 Å². The van der Waals surface area contributed by atoms with E-state index in [9.17, 15) is 0 Å². The number of hydrogen-bond donors (Lipinski definition) is 0. The summed E-state index contributed by atoms with van der Waals surface area (Å²) in [6, 6.07) is 10.1. The summed E-state index contributed by atoms with van der Waals surface area (Å²) in [6.07, 6.45) is 0. The van der Waals surface area contributed by atoms with Gasteiger partial charge in [-0.2, -0.15) is 5.10 Å².